The molecule has 1 fully saturated rings. The number of hydrogen-bond acceptors (Lipinski definition) is 4. The Labute approximate surface area is 174 Å². The van der Waals surface area contributed by atoms with E-state index in [1.807, 2.05) is 12.1 Å². The molecule has 30 heavy (non-hydrogen) atoms. The van der Waals surface area contributed by atoms with Crippen molar-refractivity contribution in [2.24, 2.45) is 0 Å². The van der Waals surface area contributed by atoms with Gasteiger partial charge in [-0.25, -0.2) is 4.39 Å². The average Bonchev–Trinajstić information content (AvgIpc) is 2.74. The molecule has 2 aliphatic rings. The van der Waals surface area contributed by atoms with Crippen LogP contribution in [0.2, 0.25) is 0 Å². The number of fused-ring (bicyclic) bond motifs is 1. The van der Waals surface area contributed by atoms with Crippen molar-refractivity contribution >= 4 is 17.5 Å². The van der Waals surface area contributed by atoms with Crippen molar-refractivity contribution in [2.75, 3.05) is 18.4 Å². The summed E-state index contributed by atoms with van der Waals surface area (Å²) < 4.78 is 18.9. The summed E-state index contributed by atoms with van der Waals surface area (Å²) >= 11 is 0. The second kappa shape index (κ2) is 8.83. The van der Waals surface area contributed by atoms with Crippen molar-refractivity contribution in [3.8, 4) is 5.75 Å². The Bertz CT molecular complexity index is 931. The number of carbonyl (C=O) groups excluding carboxylic acids is 2. The lowest BCUT2D eigenvalue weighted by Crippen LogP contribution is -2.51. The molecule has 7 heteroatoms. The predicted molar refractivity (Wildman–Crippen MR) is 110 cm³/mol. The molecule has 158 valence electrons. The van der Waals surface area contributed by atoms with Gasteiger partial charge in [-0.3, -0.25) is 9.59 Å². The first-order chi connectivity index (χ1) is 14.5. The average molecular weight is 412 g/mol. The van der Waals surface area contributed by atoms with Crippen LogP contribution in [0.1, 0.15) is 30.4 Å². The molecule has 2 amide bonds. The van der Waals surface area contributed by atoms with E-state index in [-0.39, 0.29) is 24.2 Å². The molecule has 2 N–H and O–H groups in total. The lowest BCUT2D eigenvalue weighted by atomic mass is 10.0. The highest BCUT2D eigenvalue weighted by Gasteiger charge is 2.31. The van der Waals surface area contributed by atoms with Gasteiger partial charge in [0.2, 0.25) is 11.8 Å². The van der Waals surface area contributed by atoms with E-state index in [4.69, 9.17) is 4.74 Å². The van der Waals surface area contributed by atoms with E-state index in [0.717, 1.165) is 16.8 Å². The van der Waals surface area contributed by atoms with Gasteiger partial charge in [0.15, 0.2) is 0 Å². The van der Waals surface area contributed by atoms with E-state index in [2.05, 4.69) is 5.32 Å². The number of likely N-dealkylation sites (tertiary alicyclic amines) is 1. The minimum absolute atomic E-state index is 0.00728. The summed E-state index contributed by atoms with van der Waals surface area (Å²) in [4.78, 5) is 25.7. The largest absolute Gasteiger partial charge is 0.488 e. The predicted octanol–water partition coefficient (Wildman–Crippen LogP) is 2.68. The van der Waals surface area contributed by atoms with Gasteiger partial charge in [0, 0.05) is 37.6 Å². The maximum absolute atomic E-state index is 13.0. The third kappa shape index (κ3) is 4.79. The van der Waals surface area contributed by atoms with Gasteiger partial charge >= 0.3 is 0 Å². The Balaban J connectivity index is 1.29. The number of piperidine rings is 1. The first-order valence-electron chi connectivity index (χ1n) is 10.3. The van der Waals surface area contributed by atoms with Crippen molar-refractivity contribution in [2.45, 2.75) is 44.3 Å². The van der Waals surface area contributed by atoms with Crippen molar-refractivity contribution in [3.63, 3.8) is 0 Å². The van der Waals surface area contributed by atoms with Crippen LogP contribution in [0.5, 0.6) is 5.75 Å². The Hall–Kier alpha value is -2.93. The zero-order chi connectivity index (χ0) is 21.1. The molecule has 2 heterocycles. The quantitative estimate of drug-likeness (QED) is 0.792. The van der Waals surface area contributed by atoms with Crippen LogP contribution in [0.25, 0.3) is 0 Å². The number of β-amino-alcohol motifs (C(OH)–C–C–N with tert-alkyl or cyclic N) is 1. The Morgan fingerprint density at radius 2 is 2.00 bits per heavy atom. The van der Waals surface area contributed by atoms with E-state index in [0.29, 0.717) is 44.4 Å². The van der Waals surface area contributed by atoms with Crippen molar-refractivity contribution in [3.05, 3.63) is 59.4 Å². The Morgan fingerprint density at radius 1 is 1.20 bits per heavy atom. The lowest BCUT2D eigenvalue weighted by molar-refractivity contribution is -0.137. The van der Waals surface area contributed by atoms with Crippen LogP contribution in [0.4, 0.5) is 10.1 Å². The number of nitrogens with one attached hydrogen (secondary N) is 1. The summed E-state index contributed by atoms with van der Waals surface area (Å²) in [5.74, 6) is 0.258. The van der Waals surface area contributed by atoms with Gasteiger partial charge in [-0.05, 0) is 42.2 Å². The highest BCUT2D eigenvalue weighted by molar-refractivity contribution is 5.94. The minimum Gasteiger partial charge on any atom is -0.488 e. The fraction of sp³-hybridized carbons (Fsp3) is 0.391. The summed E-state index contributed by atoms with van der Waals surface area (Å²) in [7, 11) is 0. The second-order valence-corrected chi connectivity index (χ2v) is 7.85. The second-order valence-electron chi connectivity index (χ2n) is 7.85. The first-order valence-corrected chi connectivity index (χ1v) is 10.3. The molecule has 1 saturated heterocycles. The molecular weight excluding hydrogens is 387 g/mol. The molecule has 0 aromatic heterocycles. The molecule has 2 atom stereocenters. The van der Waals surface area contributed by atoms with E-state index in [1.54, 1.807) is 23.1 Å². The SMILES string of the molecule is O=C1CCc2ccc(O[C@@H]3CCN(C(=O)CCc4ccc(F)cc4)C[C@H]3O)cc2N1. The molecule has 0 unspecified atom stereocenters. The van der Waals surface area contributed by atoms with Crippen LogP contribution >= 0.6 is 0 Å². The molecule has 0 radical (unpaired) electrons. The Kier molecular flexibility index (Phi) is 5.99. The molecule has 2 aliphatic heterocycles. The monoisotopic (exact) mass is 412 g/mol. The van der Waals surface area contributed by atoms with E-state index < -0.39 is 12.2 Å². The van der Waals surface area contributed by atoms with Crippen molar-refractivity contribution in [1.29, 1.82) is 0 Å². The summed E-state index contributed by atoms with van der Waals surface area (Å²) in [6.07, 6.45) is 1.36. The van der Waals surface area contributed by atoms with E-state index >= 15 is 0 Å². The number of ether oxygens (including phenoxy) is 1. The zero-order valence-corrected chi connectivity index (χ0v) is 16.6. The maximum atomic E-state index is 13.0. The molecular formula is C23H25FN2O4. The number of carbonyl (C=O) groups is 2. The number of benzene rings is 2. The van der Waals surface area contributed by atoms with Gasteiger partial charge in [-0.1, -0.05) is 18.2 Å². The molecule has 2 aromatic carbocycles. The number of amides is 2. The molecule has 2 aromatic rings. The van der Waals surface area contributed by atoms with Gasteiger partial charge in [0.25, 0.3) is 0 Å². The number of halogens is 1. The summed E-state index contributed by atoms with van der Waals surface area (Å²) in [6, 6.07) is 11.7. The molecule has 4 rings (SSSR count). The summed E-state index contributed by atoms with van der Waals surface area (Å²) in [5, 5.41) is 13.4. The first kappa shape index (κ1) is 20.3. The standard InChI is InChI=1S/C23H25FN2O4/c24-17-6-1-15(2-7-17)3-10-23(29)26-12-11-21(20(27)14-26)30-18-8-4-16-5-9-22(28)25-19(16)13-18/h1-2,4,6-8,13,20-21,27H,3,5,9-12,14H2,(H,25,28)/t20-,21-/m1/s1. The highest BCUT2D eigenvalue weighted by Crippen LogP contribution is 2.29. The van der Waals surface area contributed by atoms with Crippen LogP contribution in [0.3, 0.4) is 0 Å². The number of rotatable bonds is 5. The third-order valence-corrected chi connectivity index (χ3v) is 5.68. The number of aliphatic hydroxyl groups excluding tert-OH is 1. The highest BCUT2D eigenvalue weighted by atomic mass is 19.1. The molecule has 0 aliphatic carbocycles. The molecule has 0 saturated carbocycles. The number of hydrogen-bond donors (Lipinski definition) is 2. The van der Waals surface area contributed by atoms with Crippen LogP contribution in [-0.2, 0) is 22.4 Å². The van der Waals surface area contributed by atoms with Gasteiger partial charge < -0.3 is 20.1 Å². The maximum Gasteiger partial charge on any atom is 0.224 e. The molecule has 6 nitrogen and oxygen atoms in total. The van der Waals surface area contributed by atoms with Crippen LogP contribution in [0.15, 0.2) is 42.5 Å². The van der Waals surface area contributed by atoms with Crippen molar-refractivity contribution < 1.29 is 23.8 Å². The van der Waals surface area contributed by atoms with Gasteiger partial charge in [-0.2, -0.15) is 0 Å². The summed E-state index contributed by atoms with van der Waals surface area (Å²) in [6.45, 7) is 0.722. The lowest BCUT2D eigenvalue weighted by Gasteiger charge is -2.36. The number of aliphatic hydroxyl groups is 1. The minimum atomic E-state index is -0.792. The van der Waals surface area contributed by atoms with Crippen molar-refractivity contribution in [1.82, 2.24) is 4.90 Å². The Morgan fingerprint density at radius 3 is 2.77 bits per heavy atom. The normalized spacial score (nSPS) is 21.0. The molecule has 0 spiro atoms. The number of aryl methyl sites for hydroxylation is 2. The van der Waals surface area contributed by atoms with Crippen LogP contribution < -0.4 is 10.1 Å². The number of nitrogens with zero attached hydrogens (tertiary/aromatic N) is 1. The van der Waals surface area contributed by atoms with Gasteiger partial charge in [0.1, 0.15) is 23.8 Å². The smallest absolute Gasteiger partial charge is 0.224 e. The summed E-state index contributed by atoms with van der Waals surface area (Å²) in [5.41, 5.74) is 2.73. The van der Waals surface area contributed by atoms with Crippen LogP contribution in [-0.4, -0.2) is 47.1 Å². The van der Waals surface area contributed by atoms with Gasteiger partial charge in [-0.15, -0.1) is 0 Å². The fourth-order valence-electron chi connectivity index (χ4n) is 3.93. The van der Waals surface area contributed by atoms with Gasteiger partial charge in [0.05, 0.1) is 6.54 Å². The fourth-order valence-corrected chi connectivity index (χ4v) is 3.93. The van der Waals surface area contributed by atoms with Crippen LogP contribution in [0, 0.1) is 5.82 Å². The van der Waals surface area contributed by atoms with E-state index in [9.17, 15) is 19.1 Å². The molecule has 0 bridgehead atoms. The topological polar surface area (TPSA) is 78.9 Å². The number of anilines is 1. The van der Waals surface area contributed by atoms with E-state index in [1.165, 1.54) is 12.1 Å². The third-order valence-electron chi connectivity index (χ3n) is 5.68. The zero-order valence-electron chi connectivity index (χ0n) is 16.6.